The second-order valence-electron chi connectivity index (χ2n) is 3.34. The number of ether oxygens (including phenoxy) is 2. The van der Waals surface area contributed by atoms with Crippen LogP contribution in [0, 0.1) is 11.8 Å². The van der Waals surface area contributed by atoms with E-state index in [9.17, 15) is 4.79 Å². The third-order valence-corrected chi connectivity index (χ3v) is 1.84. The zero-order chi connectivity index (χ0) is 12.8. The van der Waals surface area contributed by atoms with Gasteiger partial charge in [-0.05, 0) is 25.8 Å². The summed E-state index contributed by atoms with van der Waals surface area (Å²) in [5.41, 5.74) is 5.31. The minimum Gasteiger partial charge on any atom is -0.379 e. The molecule has 0 amide bonds. The van der Waals surface area contributed by atoms with Crippen LogP contribution in [0.4, 0.5) is 0 Å². The van der Waals surface area contributed by atoms with Crippen molar-refractivity contribution in [1.82, 2.24) is 5.32 Å². The van der Waals surface area contributed by atoms with Gasteiger partial charge in [-0.25, -0.2) is 0 Å². The zero-order valence-corrected chi connectivity index (χ0v) is 10.5. The topological polar surface area (TPSA) is 73.6 Å². The van der Waals surface area contributed by atoms with Gasteiger partial charge in [-0.3, -0.25) is 4.79 Å². The molecule has 0 unspecified atom stereocenters. The van der Waals surface area contributed by atoms with E-state index < -0.39 is 0 Å². The molecule has 0 radical (unpaired) electrons. The van der Waals surface area contributed by atoms with E-state index in [0.717, 1.165) is 6.42 Å². The molecular weight excluding hydrogens is 220 g/mol. The lowest BCUT2D eigenvalue weighted by Crippen LogP contribution is -2.26. The molecule has 0 saturated carbocycles. The maximum absolute atomic E-state index is 11.0. The molecule has 0 bridgehead atoms. The van der Waals surface area contributed by atoms with Crippen molar-refractivity contribution in [2.45, 2.75) is 13.3 Å². The van der Waals surface area contributed by atoms with Crippen LogP contribution in [-0.2, 0) is 14.3 Å². The molecule has 0 heterocycles. The fraction of sp³-hybridized carbons (Fsp3) is 0.750. The van der Waals surface area contributed by atoms with Gasteiger partial charge in [0.1, 0.15) is 0 Å². The Bertz CT molecular complexity index is 246. The predicted octanol–water partition coefficient (Wildman–Crippen LogP) is -0.450. The summed E-state index contributed by atoms with van der Waals surface area (Å²) in [5.74, 6) is 4.91. The molecule has 0 aliphatic carbocycles. The number of nitrogens with one attached hydrogen (secondary N) is 1. The second-order valence-corrected chi connectivity index (χ2v) is 3.34. The summed E-state index contributed by atoms with van der Waals surface area (Å²) in [5, 5.41) is 2.95. The summed E-state index contributed by atoms with van der Waals surface area (Å²) in [6.45, 7) is 5.60. The first-order valence-corrected chi connectivity index (χ1v) is 5.83. The summed E-state index contributed by atoms with van der Waals surface area (Å²) in [6.07, 6.45) is 0.877. The number of hydrogen-bond acceptors (Lipinski definition) is 5. The highest BCUT2D eigenvalue weighted by Gasteiger charge is 1.95. The van der Waals surface area contributed by atoms with Gasteiger partial charge in [-0.15, -0.1) is 0 Å². The molecule has 0 spiro atoms. The summed E-state index contributed by atoms with van der Waals surface area (Å²) in [7, 11) is 0. The van der Waals surface area contributed by atoms with E-state index in [1.54, 1.807) is 6.92 Å². The van der Waals surface area contributed by atoms with Gasteiger partial charge in [0.2, 0.25) is 5.78 Å². The van der Waals surface area contributed by atoms with Gasteiger partial charge in [0.05, 0.1) is 26.4 Å². The molecule has 3 N–H and O–H groups in total. The van der Waals surface area contributed by atoms with E-state index in [2.05, 4.69) is 17.2 Å². The van der Waals surface area contributed by atoms with E-state index in [4.69, 9.17) is 15.2 Å². The first-order valence-electron chi connectivity index (χ1n) is 5.83. The fourth-order valence-corrected chi connectivity index (χ4v) is 1.04. The van der Waals surface area contributed by atoms with Crippen LogP contribution in [0.5, 0.6) is 0 Å². The normalized spacial score (nSPS) is 9.76. The van der Waals surface area contributed by atoms with Crippen molar-refractivity contribution in [1.29, 1.82) is 0 Å². The number of ketones is 1. The Hall–Kier alpha value is -0.930. The van der Waals surface area contributed by atoms with Gasteiger partial charge in [-0.1, -0.05) is 5.92 Å². The summed E-state index contributed by atoms with van der Waals surface area (Å²) >= 11 is 0. The summed E-state index contributed by atoms with van der Waals surface area (Å²) in [6, 6.07) is 0. The minimum atomic E-state index is -0.0994. The van der Waals surface area contributed by atoms with Crippen LogP contribution in [0.25, 0.3) is 0 Å². The van der Waals surface area contributed by atoms with Crippen molar-refractivity contribution < 1.29 is 14.3 Å². The molecule has 0 aliphatic heterocycles. The molecule has 0 aromatic rings. The Morgan fingerprint density at radius 2 is 1.94 bits per heavy atom. The highest BCUT2D eigenvalue weighted by Crippen LogP contribution is 1.81. The number of nitrogens with two attached hydrogens (primary N) is 1. The minimum absolute atomic E-state index is 0.0994. The Kier molecular flexibility index (Phi) is 12.4. The van der Waals surface area contributed by atoms with Crippen LogP contribution in [0.15, 0.2) is 0 Å². The molecular formula is C12H22N2O3. The fourth-order valence-electron chi connectivity index (χ4n) is 1.04. The van der Waals surface area contributed by atoms with Crippen molar-refractivity contribution >= 4 is 5.78 Å². The Morgan fingerprint density at radius 1 is 1.24 bits per heavy atom. The van der Waals surface area contributed by atoms with E-state index >= 15 is 0 Å². The largest absolute Gasteiger partial charge is 0.379 e. The van der Waals surface area contributed by atoms with Gasteiger partial charge in [-0.2, -0.15) is 0 Å². The quantitative estimate of drug-likeness (QED) is 0.292. The highest BCUT2D eigenvalue weighted by atomic mass is 16.5. The van der Waals surface area contributed by atoms with Crippen LogP contribution >= 0.6 is 0 Å². The van der Waals surface area contributed by atoms with Crippen LogP contribution in [0.2, 0.25) is 0 Å². The molecule has 0 saturated heterocycles. The predicted molar refractivity (Wildman–Crippen MR) is 66.6 cm³/mol. The second kappa shape index (κ2) is 13.1. The van der Waals surface area contributed by atoms with Gasteiger partial charge < -0.3 is 20.5 Å². The van der Waals surface area contributed by atoms with E-state index in [-0.39, 0.29) is 12.3 Å². The standard InChI is InChI=1S/C12H22N2O3/c1-2-4-12(15)11-14-6-8-17-10-9-16-7-3-5-13/h14H,3,5-11,13H2,1H3. The smallest absolute Gasteiger partial charge is 0.219 e. The van der Waals surface area contributed by atoms with Crippen LogP contribution in [0.3, 0.4) is 0 Å². The Balaban J connectivity index is 3.07. The maximum atomic E-state index is 11.0. The van der Waals surface area contributed by atoms with E-state index in [1.165, 1.54) is 0 Å². The van der Waals surface area contributed by atoms with Gasteiger partial charge in [0, 0.05) is 13.2 Å². The van der Waals surface area contributed by atoms with Crippen molar-refractivity contribution in [2.75, 3.05) is 46.1 Å². The van der Waals surface area contributed by atoms with Gasteiger partial charge in [0.25, 0.3) is 0 Å². The molecule has 5 nitrogen and oxygen atoms in total. The zero-order valence-electron chi connectivity index (χ0n) is 10.5. The van der Waals surface area contributed by atoms with Crippen molar-refractivity contribution in [3.63, 3.8) is 0 Å². The van der Waals surface area contributed by atoms with E-state index in [0.29, 0.717) is 39.5 Å². The molecule has 0 fully saturated rings. The molecule has 0 atom stereocenters. The van der Waals surface area contributed by atoms with E-state index in [1.807, 2.05) is 0 Å². The number of Topliss-reactive ketones (excluding diaryl/α,β-unsaturated/α-hetero) is 1. The third kappa shape index (κ3) is 13.0. The number of hydrogen-bond donors (Lipinski definition) is 2. The van der Waals surface area contributed by atoms with Crippen LogP contribution < -0.4 is 11.1 Å². The highest BCUT2D eigenvalue weighted by molar-refractivity contribution is 5.96. The molecule has 0 aromatic carbocycles. The first-order chi connectivity index (χ1) is 8.31. The molecule has 5 heteroatoms. The monoisotopic (exact) mass is 242 g/mol. The maximum Gasteiger partial charge on any atom is 0.219 e. The van der Waals surface area contributed by atoms with Crippen molar-refractivity contribution in [2.24, 2.45) is 5.73 Å². The van der Waals surface area contributed by atoms with Crippen molar-refractivity contribution in [3.8, 4) is 11.8 Å². The number of carbonyl (C=O) groups excluding carboxylic acids is 1. The van der Waals surface area contributed by atoms with Crippen LogP contribution in [0.1, 0.15) is 13.3 Å². The SMILES string of the molecule is CC#CC(=O)CNCCOCCOCCCN. The molecule has 17 heavy (non-hydrogen) atoms. The molecule has 0 rings (SSSR count). The van der Waals surface area contributed by atoms with Crippen LogP contribution in [-0.4, -0.2) is 51.8 Å². The Labute approximate surface area is 103 Å². The average Bonchev–Trinajstić information content (AvgIpc) is 2.32. The summed E-state index contributed by atoms with van der Waals surface area (Å²) in [4.78, 5) is 11.0. The van der Waals surface area contributed by atoms with Gasteiger partial charge in [0.15, 0.2) is 0 Å². The lowest BCUT2D eigenvalue weighted by molar-refractivity contribution is -0.113. The third-order valence-electron chi connectivity index (χ3n) is 1.84. The Morgan fingerprint density at radius 3 is 2.59 bits per heavy atom. The number of carbonyl (C=O) groups is 1. The molecule has 0 aliphatic rings. The lowest BCUT2D eigenvalue weighted by Gasteiger charge is -2.05. The first kappa shape index (κ1) is 16.1. The molecule has 98 valence electrons. The summed E-state index contributed by atoms with van der Waals surface area (Å²) < 4.78 is 10.5. The van der Waals surface area contributed by atoms with Gasteiger partial charge >= 0.3 is 0 Å². The molecule has 0 aromatic heterocycles. The lowest BCUT2D eigenvalue weighted by atomic mass is 10.4. The average molecular weight is 242 g/mol. The number of rotatable bonds is 11. The van der Waals surface area contributed by atoms with Crippen molar-refractivity contribution in [3.05, 3.63) is 0 Å².